The number of carbonyl (C=O) groups is 3. The van der Waals surface area contributed by atoms with E-state index in [1.54, 1.807) is 16.9 Å². The summed E-state index contributed by atoms with van der Waals surface area (Å²) in [6.45, 7) is 1.12. The summed E-state index contributed by atoms with van der Waals surface area (Å²) in [6.07, 6.45) is 5.89. The molecule has 2 aliphatic rings. The second-order valence-electron chi connectivity index (χ2n) is 7.60. The number of carbonyl (C=O) groups excluding carboxylic acids is 3. The monoisotopic (exact) mass is 399 g/mol. The zero-order valence-electron chi connectivity index (χ0n) is 16.0. The predicted octanol–water partition coefficient (Wildman–Crippen LogP) is 2.54. The number of rotatable bonds is 5. The average Bonchev–Trinajstić information content (AvgIpc) is 3.40. The highest BCUT2D eigenvalue weighted by Gasteiger charge is 2.49. The van der Waals surface area contributed by atoms with Crippen molar-refractivity contribution in [2.45, 2.75) is 44.2 Å². The minimum atomic E-state index is -1.35. The highest BCUT2D eigenvalue weighted by molar-refractivity contribution is 6.10. The van der Waals surface area contributed by atoms with Crippen LogP contribution in [0.2, 0.25) is 0 Å². The molecule has 1 aliphatic carbocycles. The Labute approximate surface area is 167 Å². The Balaban J connectivity index is 1.46. The van der Waals surface area contributed by atoms with Gasteiger partial charge >= 0.3 is 6.03 Å². The molecule has 1 aliphatic heterocycles. The van der Waals surface area contributed by atoms with Crippen LogP contribution in [0.1, 0.15) is 44.2 Å². The van der Waals surface area contributed by atoms with Crippen LogP contribution in [0.25, 0.3) is 0 Å². The fraction of sp³-hybridized carbons (Fsp3) is 0.400. The molecule has 4 rings (SSSR count). The van der Waals surface area contributed by atoms with Crippen LogP contribution < -0.4 is 10.6 Å². The number of benzene rings is 1. The number of imide groups is 1. The van der Waals surface area contributed by atoms with Crippen molar-refractivity contribution in [3.8, 4) is 0 Å². The van der Waals surface area contributed by atoms with Crippen molar-refractivity contribution >= 4 is 23.7 Å². The molecule has 4 amide bonds. The van der Waals surface area contributed by atoms with Gasteiger partial charge in [0, 0.05) is 6.07 Å². The Hall–Kier alpha value is -3.23. The molecular formula is C20H22FN5O3. The van der Waals surface area contributed by atoms with Gasteiger partial charge in [-0.05, 0) is 37.5 Å². The van der Waals surface area contributed by atoms with Crippen molar-refractivity contribution in [3.05, 3.63) is 47.9 Å². The van der Waals surface area contributed by atoms with Gasteiger partial charge in [0.2, 0.25) is 5.91 Å². The van der Waals surface area contributed by atoms with E-state index in [1.807, 2.05) is 0 Å². The summed E-state index contributed by atoms with van der Waals surface area (Å²) in [5.74, 6) is -0.940. The lowest BCUT2D eigenvalue weighted by atomic mass is 9.92. The molecule has 1 aromatic carbocycles. The normalized spacial score (nSPS) is 22.2. The third-order valence-electron chi connectivity index (χ3n) is 5.61. The van der Waals surface area contributed by atoms with Crippen LogP contribution in [0.3, 0.4) is 0 Å². The Morgan fingerprint density at radius 2 is 1.93 bits per heavy atom. The highest BCUT2D eigenvalue weighted by atomic mass is 19.1. The van der Waals surface area contributed by atoms with Gasteiger partial charge in [0.25, 0.3) is 5.91 Å². The molecule has 0 spiro atoms. The highest BCUT2D eigenvalue weighted by Crippen LogP contribution is 2.31. The minimum Gasteiger partial charge on any atom is -0.319 e. The predicted molar refractivity (Wildman–Crippen MR) is 102 cm³/mol. The molecule has 1 aromatic heterocycles. The number of anilines is 1. The molecule has 1 unspecified atom stereocenters. The lowest BCUT2D eigenvalue weighted by molar-refractivity contribution is -0.133. The number of hydrogen-bond donors (Lipinski definition) is 2. The number of hydrogen-bond acceptors (Lipinski definition) is 4. The van der Waals surface area contributed by atoms with E-state index in [0.717, 1.165) is 30.6 Å². The topological polar surface area (TPSA) is 96.3 Å². The van der Waals surface area contributed by atoms with E-state index in [9.17, 15) is 18.8 Å². The van der Waals surface area contributed by atoms with E-state index in [4.69, 9.17) is 0 Å². The number of urea groups is 1. The van der Waals surface area contributed by atoms with Gasteiger partial charge in [-0.2, -0.15) is 5.10 Å². The fourth-order valence-corrected chi connectivity index (χ4v) is 4.00. The third-order valence-corrected chi connectivity index (χ3v) is 5.61. The molecule has 2 N–H and O–H groups in total. The first-order chi connectivity index (χ1) is 13.9. The SMILES string of the molecule is CC1(c2ccc(F)cc2)NC(=O)N(CC(=O)Nc2ccnn2C2CCCC2)C1=O. The molecule has 2 fully saturated rings. The maximum absolute atomic E-state index is 13.2. The van der Waals surface area contributed by atoms with Crippen LogP contribution in [0.15, 0.2) is 36.5 Å². The lowest BCUT2D eigenvalue weighted by Crippen LogP contribution is -2.42. The first kappa shape index (κ1) is 19.1. The van der Waals surface area contributed by atoms with E-state index in [2.05, 4.69) is 15.7 Å². The number of amides is 4. The number of nitrogens with zero attached hydrogens (tertiary/aromatic N) is 3. The summed E-state index contributed by atoms with van der Waals surface area (Å²) in [6, 6.07) is 6.61. The van der Waals surface area contributed by atoms with Crippen LogP contribution >= 0.6 is 0 Å². The Morgan fingerprint density at radius 1 is 1.24 bits per heavy atom. The molecule has 0 radical (unpaired) electrons. The van der Waals surface area contributed by atoms with Crippen LogP contribution in [-0.4, -0.2) is 39.1 Å². The van der Waals surface area contributed by atoms with Crippen molar-refractivity contribution in [2.24, 2.45) is 0 Å². The maximum Gasteiger partial charge on any atom is 0.325 e. The molecular weight excluding hydrogens is 377 g/mol. The summed E-state index contributed by atoms with van der Waals surface area (Å²) < 4.78 is 15.0. The Bertz CT molecular complexity index is 951. The van der Waals surface area contributed by atoms with E-state index in [-0.39, 0.29) is 6.04 Å². The fourth-order valence-electron chi connectivity index (χ4n) is 4.00. The van der Waals surface area contributed by atoms with E-state index in [1.165, 1.54) is 31.2 Å². The zero-order chi connectivity index (χ0) is 20.6. The first-order valence-electron chi connectivity index (χ1n) is 9.62. The van der Waals surface area contributed by atoms with E-state index in [0.29, 0.717) is 11.4 Å². The van der Waals surface area contributed by atoms with Gasteiger partial charge < -0.3 is 10.6 Å². The average molecular weight is 399 g/mol. The van der Waals surface area contributed by atoms with Crippen LogP contribution in [0.5, 0.6) is 0 Å². The van der Waals surface area contributed by atoms with Crippen LogP contribution in [0, 0.1) is 5.82 Å². The van der Waals surface area contributed by atoms with Crippen molar-refractivity contribution < 1.29 is 18.8 Å². The minimum absolute atomic E-state index is 0.249. The summed E-state index contributed by atoms with van der Waals surface area (Å²) >= 11 is 0. The number of nitrogens with one attached hydrogen (secondary N) is 2. The smallest absolute Gasteiger partial charge is 0.319 e. The van der Waals surface area contributed by atoms with Gasteiger partial charge in [-0.25, -0.2) is 13.9 Å². The molecule has 2 heterocycles. The van der Waals surface area contributed by atoms with Gasteiger partial charge in [0.1, 0.15) is 23.7 Å². The van der Waals surface area contributed by atoms with Crippen molar-refractivity contribution in [1.82, 2.24) is 20.0 Å². The Morgan fingerprint density at radius 3 is 2.62 bits per heavy atom. The standard InChI is InChI=1S/C20H22FN5O3/c1-20(13-6-8-14(21)9-7-13)18(28)25(19(29)24-20)12-17(27)23-16-10-11-22-26(16)15-4-2-3-5-15/h6-11,15H,2-5,12H2,1H3,(H,23,27)(H,24,29). The molecule has 1 saturated heterocycles. The van der Waals surface area contributed by atoms with Crippen molar-refractivity contribution in [1.29, 1.82) is 0 Å². The van der Waals surface area contributed by atoms with Gasteiger partial charge in [-0.1, -0.05) is 25.0 Å². The summed E-state index contributed by atoms with van der Waals surface area (Å²) in [5, 5.41) is 9.65. The first-order valence-corrected chi connectivity index (χ1v) is 9.62. The van der Waals surface area contributed by atoms with Gasteiger partial charge in [-0.15, -0.1) is 0 Å². The largest absolute Gasteiger partial charge is 0.325 e. The second-order valence-corrected chi connectivity index (χ2v) is 7.60. The summed E-state index contributed by atoms with van der Waals surface area (Å²) in [5.41, 5.74) is -0.907. The summed E-state index contributed by atoms with van der Waals surface area (Å²) in [7, 11) is 0. The molecule has 152 valence electrons. The quantitative estimate of drug-likeness (QED) is 0.755. The van der Waals surface area contributed by atoms with Crippen LogP contribution in [0.4, 0.5) is 15.0 Å². The summed E-state index contributed by atoms with van der Waals surface area (Å²) in [4.78, 5) is 38.7. The van der Waals surface area contributed by atoms with Crippen molar-refractivity contribution in [2.75, 3.05) is 11.9 Å². The van der Waals surface area contributed by atoms with Crippen molar-refractivity contribution in [3.63, 3.8) is 0 Å². The molecule has 0 bridgehead atoms. The van der Waals surface area contributed by atoms with Crippen LogP contribution in [-0.2, 0) is 15.1 Å². The molecule has 2 aromatic rings. The number of aromatic nitrogens is 2. The molecule has 1 saturated carbocycles. The second kappa shape index (κ2) is 7.31. The maximum atomic E-state index is 13.2. The lowest BCUT2D eigenvalue weighted by Gasteiger charge is -2.22. The van der Waals surface area contributed by atoms with E-state index >= 15 is 0 Å². The van der Waals surface area contributed by atoms with Gasteiger partial charge in [-0.3, -0.25) is 14.5 Å². The zero-order valence-corrected chi connectivity index (χ0v) is 16.0. The molecule has 9 heteroatoms. The molecule has 8 nitrogen and oxygen atoms in total. The Kier molecular flexibility index (Phi) is 4.81. The number of halogens is 1. The third kappa shape index (κ3) is 3.48. The molecule has 29 heavy (non-hydrogen) atoms. The molecule has 1 atom stereocenters. The van der Waals surface area contributed by atoms with E-state index < -0.39 is 35.7 Å². The van der Waals surface area contributed by atoms with Gasteiger partial charge in [0.15, 0.2) is 0 Å². The van der Waals surface area contributed by atoms with Gasteiger partial charge in [0.05, 0.1) is 12.2 Å².